The molecule has 0 aliphatic rings. The van der Waals surface area contributed by atoms with Gasteiger partial charge in [-0.05, 0) is 25.5 Å². The number of aromatic nitrogens is 6. The Labute approximate surface area is 176 Å². The van der Waals surface area contributed by atoms with E-state index in [0.29, 0.717) is 35.0 Å². The van der Waals surface area contributed by atoms with Crippen molar-refractivity contribution in [1.29, 1.82) is 0 Å². The average Bonchev–Trinajstić information content (AvgIpc) is 3.13. The van der Waals surface area contributed by atoms with Crippen LogP contribution in [-0.4, -0.2) is 41.0 Å². The van der Waals surface area contributed by atoms with Gasteiger partial charge in [0.25, 0.3) is 5.56 Å². The first-order valence-corrected chi connectivity index (χ1v) is 10.7. The number of hydrogen-bond donors (Lipinski definition) is 1. The number of rotatable bonds is 7. The molecule has 0 fully saturated rings. The molecule has 0 radical (unpaired) electrons. The molecule has 0 bridgehead atoms. The van der Waals surface area contributed by atoms with Crippen LogP contribution >= 0.6 is 11.8 Å². The van der Waals surface area contributed by atoms with Crippen LogP contribution in [0.15, 0.2) is 45.3 Å². The van der Waals surface area contributed by atoms with Gasteiger partial charge in [0.1, 0.15) is 5.82 Å². The molecule has 156 valence electrons. The Morgan fingerprint density at radius 2 is 1.93 bits per heavy atom. The Kier molecular flexibility index (Phi) is 5.58. The van der Waals surface area contributed by atoms with Gasteiger partial charge in [-0.1, -0.05) is 23.9 Å². The molecule has 3 aromatic heterocycles. The molecule has 0 saturated heterocycles. The van der Waals surface area contributed by atoms with E-state index in [1.165, 1.54) is 20.9 Å². The van der Waals surface area contributed by atoms with Gasteiger partial charge in [-0.15, -0.1) is 0 Å². The van der Waals surface area contributed by atoms with Crippen molar-refractivity contribution < 1.29 is 0 Å². The highest BCUT2D eigenvalue weighted by molar-refractivity contribution is 7.99. The van der Waals surface area contributed by atoms with Gasteiger partial charge in [-0.3, -0.25) is 13.9 Å². The molecule has 0 atom stereocenters. The lowest BCUT2D eigenvalue weighted by atomic mass is 10.2. The molecule has 30 heavy (non-hydrogen) atoms. The van der Waals surface area contributed by atoms with Gasteiger partial charge in [0, 0.05) is 38.3 Å². The molecule has 4 aromatic rings. The molecule has 0 aliphatic carbocycles. The van der Waals surface area contributed by atoms with Crippen LogP contribution < -0.4 is 16.6 Å². The zero-order chi connectivity index (χ0) is 21.3. The lowest BCUT2D eigenvalue weighted by molar-refractivity contribution is 0.594. The Bertz CT molecular complexity index is 1340. The molecule has 0 spiro atoms. The van der Waals surface area contributed by atoms with E-state index in [2.05, 4.69) is 20.3 Å². The van der Waals surface area contributed by atoms with Crippen LogP contribution in [0.2, 0.25) is 0 Å². The first-order chi connectivity index (χ1) is 14.5. The van der Waals surface area contributed by atoms with E-state index in [1.54, 1.807) is 25.0 Å². The summed E-state index contributed by atoms with van der Waals surface area (Å²) in [6.07, 6.45) is 2.18. The number of anilines is 1. The SMILES string of the molecule is CCNc1nc(SCCCn2c(=O)c3c(ncn3C)n(C)c2=O)nc2ccccc12. The van der Waals surface area contributed by atoms with Crippen molar-refractivity contribution in [1.82, 2.24) is 28.7 Å². The van der Waals surface area contributed by atoms with Crippen molar-refractivity contribution in [3.05, 3.63) is 51.4 Å². The maximum atomic E-state index is 12.8. The second-order valence-corrected chi connectivity index (χ2v) is 7.99. The second-order valence-electron chi connectivity index (χ2n) is 6.93. The summed E-state index contributed by atoms with van der Waals surface area (Å²) in [6, 6.07) is 7.89. The van der Waals surface area contributed by atoms with Gasteiger partial charge >= 0.3 is 5.69 Å². The largest absolute Gasteiger partial charge is 0.370 e. The molecule has 4 rings (SSSR count). The highest BCUT2D eigenvalue weighted by atomic mass is 32.2. The lowest BCUT2D eigenvalue weighted by Crippen LogP contribution is -2.39. The topological polar surface area (TPSA) is 99.6 Å². The van der Waals surface area contributed by atoms with Crippen molar-refractivity contribution in [2.24, 2.45) is 14.1 Å². The maximum Gasteiger partial charge on any atom is 0.332 e. The smallest absolute Gasteiger partial charge is 0.332 e. The third-order valence-corrected chi connectivity index (χ3v) is 5.82. The lowest BCUT2D eigenvalue weighted by Gasteiger charge is -2.10. The van der Waals surface area contributed by atoms with Crippen LogP contribution in [0.4, 0.5) is 5.82 Å². The molecule has 9 nitrogen and oxygen atoms in total. The van der Waals surface area contributed by atoms with E-state index in [4.69, 9.17) is 0 Å². The van der Waals surface area contributed by atoms with Gasteiger partial charge in [-0.25, -0.2) is 19.7 Å². The Hall–Kier alpha value is -3.14. The molecule has 10 heteroatoms. The molecule has 0 saturated carbocycles. The van der Waals surface area contributed by atoms with Crippen LogP contribution in [0.3, 0.4) is 0 Å². The van der Waals surface area contributed by atoms with Gasteiger partial charge in [-0.2, -0.15) is 0 Å². The second kappa shape index (κ2) is 8.31. The van der Waals surface area contributed by atoms with Gasteiger partial charge in [0.05, 0.1) is 11.8 Å². The standard InChI is InChI=1S/C20H23N7O2S/c1-4-21-16-13-8-5-6-9-14(13)23-19(24-16)30-11-7-10-27-18(28)15-17(22-12-25(15)2)26(3)20(27)29/h5-6,8-9,12H,4,7,10-11H2,1-3H3,(H,21,23,24). The van der Waals surface area contributed by atoms with E-state index in [-0.39, 0.29) is 11.2 Å². The van der Waals surface area contributed by atoms with E-state index >= 15 is 0 Å². The Balaban J connectivity index is 1.52. The fourth-order valence-electron chi connectivity index (χ4n) is 3.40. The number of para-hydroxylation sites is 1. The number of nitrogens with zero attached hydrogens (tertiary/aromatic N) is 6. The fourth-order valence-corrected chi connectivity index (χ4v) is 4.18. The normalized spacial score (nSPS) is 11.4. The van der Waals surface area contributed by atoms with E-state index in [1.807, 2.05) is 31.2 Å². The molecular weight excluding hydrogens is 402 g/mol. The minimum atomic E-state index is -0.354. The maximum absolute atomic E-state index is 12.8. The van der Waals surface area contributed by atoms with Gasteiger partial charge in [0.15, 0.2) is 16.3 Å². The van der Waals surface area contributed by atoms with Gasteiger partial charge < -0.3 is 9.88 Å². The van der Waals surface area contributed by atoms with Crippen LogP contribution in [0.1, 0.15) is 13.3 Å². The number of thioether (sulfide) groups is 1. The molecule has 0 aliphatic heterocycles. The summed E-state index contributed by atoms with van der Waals surface area (Å²) in [5.74, 6) is 1.50. The summed E-state index contributed by atoms with van der Waals surface area (Å²) < 4.78 is 4.34. The van der Waals surface area contributed by atoms with Crippen molar-refractivity contribution in [2.45, 2.75) is 25.0 Å². The number of imidazole rings is 1. The van der Waals surface area contributed by atoms with Crippen molar-refractivity contribution >= 4 is 39.6 Å². The highest BCUT2D eigenvalue weighted by Crippen LogP contribution is 2.24. The Morgan fingerprint density at radius 1 is 1.13 bits per heavy atom. The first kappa shape index (κ1) is 20.1. The van der Waals surface area contributed by atoms with Crippen LogP contribution in [0.5, 0.6) is 0 Å². The number of nitrogens with one attached hydrogen (secondary N) is 1. The highest BCUT2D eigenvalue weighted by Gasteiger charge is 2.14. The molecule has 3 heterocycles. The van der Waals surface area contributed by atoms with E-state index < -0.39 is 0 Å². The van der Waals surface area contributed by atoms with Crippen LogP contribution in [-0.2, 0) is 20.6 Å². The molecule has 1 aromatic carbocycles. The predicted molar refractivity (Wildman–Crippen MR) is 119 cm³/mol. The monoisotopic (exact) mass is 425 g/mol. The number of benzene rings is 1. The first-order valence-electron chi connectivity index (χ1n) is 9.75. The number of aryl methyl sites for hydroxylation is 2. The summed E-state index contributed by atoms with van der Waals surface area (Å²) in [4.78, 5) is 38.7. The minimum absolute atomic E-state index is 0.311. The summed E-state index contributed by atoms with van der Waals surface area (Å²) in [6.45, 7) is 3.13. The summed E-state index contributed by atoms with van der Waals surface area (Å²) in [5.41, 5.74) is 1.05. The molecular formula is C20H23N7O2S. The summed E-state index contributed by atoms with van der Waals surface area (Å²) in [7, 11) is 3.38. The predicted octanol–water partition coefficient (Wildman–Crippen LogP) is 1.99. The number of fused-ring (bicyclic) bond motifs is 2. The zero-order valence-corrected chi connectivity index (χ0v) is 17.9. The molecule has 0 amide bonds. The summed E-state index contributed by atoms with van der Waals surface area (Å²) >= 11 is 1.51. The zero-order valence-electron chi connectivity index (χ0n) is 17.1. The fraction of sp³-hybridized carbons (Fsp3) is 0.350. The summed E-state index contributed by atoms with van der Waals surface area (Å²) in [5, 5.41) is 4.95. The number of hydrogen-bond acceptors (Lipinski definition) is 7. The third kappa shape index (κ3) is 3.58. The Morgan fingerprint density at radius 3 is 2.73 bits per heavy atom. The van der Waals surface area contributed by atoms with Crippen LogP contribution in [0, 0.1) is 0 Å². The molecule has 1 N–H and O–H groups in total. The van der Waals surface area contributed by atoms with Crippen molar-refractivity contribution in [2.75, 3.05) is 17.6 Å². The van der Waals surface area contributed by atoms with Crippen molar-refractivity contribution in [3.63, 3.8) is 0 Å². The average molecular weight is 426 g/mol. The molecule has 0 unspecified atom stereocenters. The minimum Gasteiger partial charge on any atom is -0.370 e. The quantitative estimate of drug-likeness (QED) is 0.275. The van der Waals surface area contributed by atoms with Crippen molar-refractivity contribution in [3.8, 4) is 0 Å². The third-order valence-electron chi connectivity index (χ3n) is 4.89. The van der Waals surface area contributed by atoms with Crippen LogP contribution in [0.25, 0.3) is 22.1 Å². The van der Waals surface area contributed by atoms with E-state index in [9.17, 15) is 9.59 Å². The van der Waals surface area contributed by atoms with Gasteiger partial charge in [0.2, 0.25) is 0 Å². The van der Waals surface area contributed by atoms with E-state index in [0.717, 1.165) is 23.3 Å².